The third kappa shape index (κ3) is 2.85. The number of pyridine rings is 1. The van der Waals surface area contributed by atoms with Crippen LogP contribution < -0.4 is 10.1 Å². The normalized spacial score (nSPS) is 10.1. The van der Waals surface area contributed by atoms with Crippen LogP contribution in [0.5, 0.6) is 5.75 Å². The van der Waals surface area contributed by atoms with Gasteiger partial charge >= 0.3 is 0 Å². The van der Waals surface area contributed by atoms with Crippen molar-refractivity contribution in [2.45, 2.75) is 0 Å². The van der Waals surface area contributed by atoms with Crippen molar-refractivity contribution < 1.29 is 18.3 Å². The molecule has 0 fully saturated rings. The second kappa shape index (κ2) is 5.43. The molecule has 1 amide bonds. The molecule has 0 spiro atoms. The van der Waals surface area contributed by atoms with E-state index < -0.39 is 17.8 Å². The summed E-state index contributed by atoms with van der Waals surface area (Å²) in [7, 11) is 1.42. The maximum absolute atomic E-state index is 13.3. The first-order valence-electron chi connectivity index (χ1n) is 5.38. The summed E-state index contributed by atoms with van der Waals surface area (Å²) in [6, 6.07) is 8.55. The molecular weight excluding hydrogens is 254 g/mol. The number of halogens is 2. The van der Waals surface area contributed by atoms with Crippen LogP contribution >= 0.6 is 0 Å². The van der Waals surface area contributed by atoms with Gasteiger partial charge in [-0.2, -0.15) is 13.8 Å². The smallest absolute Gasteiger partial charge is 0.259 e. The first-order chi connectivity index (χ1) is 9.11. The molecular formula is C13H10F2N2O2. The van der Waals surface area contributed by atoms with E-state index in [9.17, 15) is 13.6 Å². The Kier molecular flexibility index (Phi) is 3.70. The fourth-order valence-electron chi connectivity index (χ4n) is 1.53. The Hall–Kier alpha value is -2.50. The molecule has 1 heterocycles. The van der Waals surface area contributed by atoms with E-state index in [1.807, 2.05) is 0 Å². The summed E-state index contributed by atoms with van der Waals surface area (Å²) in [5.41, 5.74) is 0.0473. The molecule has 0 aliphatic carbocycles. The molecule has 0 aliphatic heterocycles. The van der Waals surface area contributed by atoms with Crippen molar-refractivity contribution in [3.05, 3.63) is 53.9 Å². The lowest BCUT2D eigenvalue weighted by Gasteiger charge is -2.09. The summed E-state index contributed by atoms with van der Waals surface area (Å²) in [5, 5.41) is 2.31. The van der Waals surface area contributed by atoms with Gasteiger partial charge in [0.05, 0.1) is 18.4 Å². The Bertz CT molecular complexity index is 617. The van der Waals surface area contributed by atoms with Crippen LogP contribution in [-0.4, -0.2) is 18.0 Å². The molecule has 98 valence electrons. The van der Waals surface area contributed by atoms with Crippen LogP contribution in [0.2, 0.25) is 0 Å². The highest BCUT2D eigenvalue weighted by atomic mass is 19.1. The molecule has 19 heavy (non-hydrogen) atoms. The van der Waals surface area contributed by atoms with Gasteiger partial charge in [0.15, 0.2) is 0 Å². The molecule has 2 rings (SSSR count). The molecule has 0 unspecified atom stereocenters. The van der Waals surface area contributed by atoms with E-state index in [4.69, 9.17) is 4.74 Å². The fraction of sp³-hybridized carbons (Fsp3) is 0.0769. The molecule has 1 aromatic heterocycles. The van der Waals surface area contributed by atoms with Gasteiger partial charge in [0.1, 0.15) is 5.75 Å². The number of para-hydroxylation sites is 1. The molecule has 0 aliphatic rings. The topological polar surface area (TPSA) is 51.2 Å². The number of ether oxygens (including phenoxy) is 1. The van der Waals surface area contributed by atoms with Gasteiger partial charge in [0, 0.05) is 0 Å². The van der Waals surface area contributed by atoms with E-state index in [0.717, 1.165) is 12.1 Å². The highest BCUT2D eigenvalue weighted by Gasteiger charge is 2.14. The number of rotatable bonds is 3. The van der Waals surface area contributed by atoms with E-state index in [1.54, 1.807) is 18.2 Å². The van der Waals surface area contributed by atoms with Crippen LogP contribution in [0.3, 0.4) is 0 Å². The molecule has 6 heteroatoms. The van der Waals surface area contributed by atoms with E-state index in [1.165, 1.54) is 13.2 Å². The maximum atomic E-state index is 13.3. The number of anilines is 1. The first kappa shape index (κ1) is 12.9. The zero-order valence-corrected chi connectivity index (χ0v) is 9.98. The molecule has 2 aromatic rings. The summed E-state index contributed by atoms with van der Waals surface area (Å²) in [4.78, 5) is 14.9. The van der Waals surface area contributed by atoms with Crippen molar-refractivity contribution in [1.82, 2.24) is 4.98 Å². The largest absolute Gasteiger partial charge is 0.496 e. The van der Waals surface area contributed by atoms with Crippen LogP contribution in [0, 0.1) is 11.9 Å². The Balaban J connectivity index is 2.26. The van der Waals surface area contributed by atoms with E-state index >= 15 is 0 Å². The molecule has 4 nitrogen and oxygen atoms in total. The van der Waals surface area contributed by atoms with E-state index in [2.05, 4.69) is 10.3 Å². The molecule has 0 radical (unpaired) electrons. The molecule has 1 N–H and O–H groups in total. The Morgan fingerprint density at radius 2 is 1.95 bits per heavy atom. The monoisotopic (exact) mass is 264 g/mol. The van der Waals surface area contributed by atoms with E-state index in [0.29, 0.717) is 5.75 Å². The number of nitrogens with one attached hydrogen (secondary N) is 1. The number of aromatic nitrogens is 1. The number of hydrogen-bond donors (Lipinski definition) is 1. The predicted octanol–water partition coefficient (Wildman–Crippen LogP) is 2.62. The Morgan fingerprint density at radius 1 is 1.21 bits per heavy atom. The third-order valence-electron chi connectivity index (χ3n) is 2.41. The second-order valence-electron chi connectivity index (χ2n) is 3.63. The summed E-state index contributed by atoms with van der Waals surface area (Å²) in [6.07, 6.45) is 0. The van der Waals surface area contributed by atoms with Crippen molar-refractivity contribution in [1.29, 1.82) is 0 Å². The third-order valence-corrected chi connectivity index (χ3v) is 2.41. The highest BCUT2D eigenvalue weighted by molar-refractivity contribution is 6.06. The minimum atomic E-state index is -1.08. The summed E-state index contributed by atoms with van der Waals surface area (Å²) in [5.74, 6) is -2.24. The zero-order valence-electron chi connectivity index (χ0n) is 9.98. The molecule has 0 saturated heterocycles. The number of carbonyl (C=O) groups excluding carboxylic acids is 1. The second-order valence-corrected chi connectivity index (χ2v) is 3.63. The number of carbonyl (C=O) groups is 1. The summed E-state index contributed by atoms with van der Waals surface area (Å²) >= 11 is 0. The van der Waals surface area contributed by atoms with Gasteiger partial charge in [-0.25, -0.2) is 0 Å². The standard InChI is InChI=1S/C13H10F2N2O2/c1-19-10-5-3-2-4-8(10)13(18)16-9-6-7-11(14)17-12(9)15/h2-7H,1H3,(H,16,18). The van der Waals surface area contributed by atoms with Crippen LogP contribution in [0.25, 0.3) is 0 Å². The lowest BCUT2D eigenvalue weighted by molar-refractivity contribution is 0.102. The average Bonchev–Trinajstić information content (AvgIpc) is 2.41. The lowest BCUT2D eigenvalue weighted by atomic mass is 10.2. The minimum absolute atomic E-state index is 0.197. The van der Waals surface area contributed by atoms with Gasteiger partial charge in [-0.3, -0.25) is 4.79 Å². The van der Waals surface area contributed by atoms with Gasteiger partial charge in [0.25, 0.3) is 5.91 Å². The number of amides is 1. The maximum Gasteiger partial charge on any atom is 0.259 e. The molecule has 0 saturated carbocycles. The zero-order chi connectivity index (χ0) is 13.8. The van der Waals surface area contributed by atoms with Gasteiger partial charge < -0.3 is 10.1 Å². The van der Waals surface area contributed by atoms with Gasteiger partial charge in [-0.1, -0.05) is 12.1 Å². The van der Waals surface area contributed by atoms with Crippen molar-refractivity contribution >= 4 is 11.6 Å². The quantitative estimate of drug-likeness (QED) is 0.867. The summed E-state index contributed by atoms with van der Waals surface area (Å²) < 4.78 is 31.0. The number of nitrogens with zero attached hydrogens (tertiary/aromatic N) is 1. The lowest BCUT2D eigenvalue weighted by Crippen LogP contribution is -2.14. The van der Waals surface area contributed by atoms with Crippen molar-refractivity contribution in [2.24, 2.45) is 0 Å². The molecule has 0 bridgehead atoms. The molecule has 1 aromatic carbocycles. The van der Waals surface area contributed by atoms with Gasteiger partial charge in [0.2, 0.25) is 11.9 Å². The van der Waals surface area contributed by atoms with E-state index in [-0.39, 0.29) is 11.3 Å². The van der Waals surface area contributed by atoms with Crippen molar-refractivity contribution in [3.8, 4) is 5.75 Å². The average molecular weight is 264 g/mol. The van der Waals surface area contributed by atoms with Crippen LogP contribution in [0.15, 0.2) is 36.4 Å². The van der Waals surface area contributed by atoms with Gasteiger partial charge in [-0.05, 0) is 24.3 Å². The van der Waals surface area contributed by atoms with Gasteiger partial charge in [-0.15, -0.1) is 0 Å². The minimum Gasteiger partial charge on any atom is -0.496 e. The SMILES string of the molecule is COc1ccccc1C(=O)Nc1ccc(F)nc1F. The Morgan fingerprint density at radius 3 is 2.63 bits per heavy atom. The molecule has 0 atom stereocenters. The number of methoxy groups -OCH3 is 1. The van der Waals surface area contributed by atoms with Crippen LogP contribution in [-0.2, 0) is 0 Å². The number of benzene rings is 1. The fourth-order valence-corrected chi connectivity index (χ4v) is 1.53. The Labute approximate surface area is 108 Å². The number of hydrogen-bond acceptors (Lipinski definition) is 3. The van der Waals surface area contributed by atoms with Crippen LogP contribution in [0.4, 0.5) is 14.5 Å². The van der Waals surface area contributed by atoms with Crippen molar-refractivity contribution in [2.75, 3.05) is 12.4 Å². The van der Waals surface area contributed by atoms with Crippen molar-refractivity contribution in [3.63, 3.8) is 0 Å². The highest BCUT2D eigenvalue weighted by Crippen LogP contribution is 2.20. The predicted molar refractivity (Wildman–Crippen MR) is 65.1 cm³/mol. The van der Waals surface area contributed by atoms with Crippen LogP contribution in [0.1, 0.15) is 10.4 Å². The first-order valence-corrected chi connectivity index (χ1v) is 5.38. The summed E-state index contributed by atoms with van der Waals surface area (Å²) in [6.45, 7) is 0.